The molecule has 17 heavy (non-hydrogen) atoms. The molecule has 0 spiro atoms. The first-order chi connectivity index (χ1) is 8.42. The Hall–Kier alpha value is -0.780. The summed E-state index contributed by atoms with van der Waals surface area (Å²) in [5.41, 5.74) is 1.10. The van der Waals surface area contributed by atoms with Gasteiger partial charge in [0.05, 0.1) is 16.8 Å². The summed E-state index contributed by atoms with van der Waals surface area (Å²) in [6.45, 7) is 4.24. The van der Waals surface area contributed by atoms with E-state index >= 15 is 0 Å². The number of nitrogens with zero attached hydrogens (tertiary/aromatic N) is 1. The van der Waals surface area contributed by atoms with Crippen molar-refractivity contribution in [3.8, 4) is 5.75 Å². The van der Waals surface area contributed by atoms with Gasteiger partial charge in [0.1, 0.15) is 5.94 Å². The van der Waals surface area contributed by atoms with Crippen molar-refractivity contribution >= 4 is 11.8 Å². The molecule has 5 heteroatoms. The lowest BCUT2D eigenvalue weighted by atomic mass is 10.1. The minimum atomic E-state index is 0.724. The molecule has 2 aliphatic heterocycles. The molecule has 1 atom stereocenters. The molecule has 0 bridgehead atoms. The van der Waals surface area contributed by atoms with Crippen LogP contribution in [0.1, 0.15) is 12.1 Å². The van der Waals surface area contributed by atoms with Crippen molar-refractivity contribution in [3.63, 3.8) is 0 Å². The molecule has 1 saturated heterocycles. The highest BCUT2D eigenvalue weighted by molar-refractivity contribution is 7.99. The van der Waals surface area contributed by atoms with Crippen molar-refractivity contribution < 1.29 is 4.74 Å². The van der Waals surface area contributed by atoms with Gasteiger partial charge in [-0.3, -0.25) is 4.98 Å². The second-order valence-electron chi connectivity index (χ2n) is 4.52. The third-order valence-corrected chi connectivity index (χ3v) is 4.08. The van der Waals surface area contributed by atoms with Gasteiger partial charge in [-0.05, 0) is 38.0 Å². The Balaban J connectivity index is 1.51. The highest BCUT2D eigenvalue weighted by atomic mass is 32.2. The molecule has 0 saturated carbocycles. The predicted molar refractivity (Wildman–Crippen MR) is 68.3 cm³/mol. The summed E-state index contributed by atoms with van der Waals surface area (Å²) in [4.78, 5) is 5.62. The van der Waals surface area contributed by atoms with Gasteiger partial charge in [0.15, 0.2) is 5.75 Å². The number of nitrogens with one attached hydrogen (secondary N) is 2. The highest BCUT2D eigenvalue weighted by Crippen LogP contribution is 2.35. The first-order valence-electron chi connectivity index (χ1n) is 6.08. The van der Waals surface area contributed by atoms with Gasteiger partial charge >= 0.3 is 0 Å². The van der Waals surface area contributed by atoms with Gasteiger partial charge < -0.3 is 15.4 Å². The molecule has 0 aliphatic carbocycles. The van der Waals surface area contributed by atoms with Crippen LogP contribution in [-0.2, 0) is 6.54 Å². The summed E-state index contributed by atoms with van der Waals surface area (Å²) in [6.07, 6.45) is 3.12. The topological polar surface area (TPSA) is 46.2 Å². The van der Waals surface area contributed by atoms with Gasteiger partial charge in [0.2, 0.25) is 0 Å². The van der Waals surface area contributed by atoms with Gasteiger partial charge in [0, 0.05) is 6.54 Å². The van der Waals surface area contributed by atoms with E-state index in [1.165, 1.54) is 11.3 Å². The number of rotatable bonds is 4. The predicted octanol–water partition coefficient (Wildman–Crippen LogP) is 1.22. The Labute approximate surface area is 106 Å². The van der Waals surface area contributed by atoms with E-state index in [0.29, 0.717) is 0 Å². The number of thioether (sulfide) groups is 1. The van der Waals surface area contributed by atoms with E-state index < -0.39 is 0 Å². The van der Waals surface area contributed by atoms with E-state index in [1.807, 2.05) is 6.20 Å². The quantitative estimate of drug-likeness (QED) is 0.842. The summed E-state index contributed by atoms with van der Waals surface area (Å²) in [7, 11) is 0. The zero-order valence-corrected chi connectivity index (χ0v) is 10.6. The molecule has 2 aliphatic rings. The van der Waals surface area contributed by atoms with Gasteiger partial charge in [0.25, 0.3) is 0 Å². The number of aromatic nitrogens is 1. The maximum absolute atomic E-state index is 5.41. The summed E-state index contributed by atoms with van der Waals surface area (Å²) in [6, 6.07) is 2.13. The smallest absolute Gasteiger partial charge is 0.152 e. The fourth-order valence-corrected chi connectivity index (χ4v) is 3.02. The van der Waals surface area contributed by atoms with Crippen molar-refractivity contribution in [3.05, 3.63) is 18.0 Å². The SMILES string of the molecule is c1nc(CNC[C@H]2CCNC2)cc2c1OCS2. The molecule has 3 rings (SSSR count). The van der Waals surface area contributed by atoms with Crippen LogP contribution in [-0.4, -0.2) is 30.6 Å². The van der Waals surface area contributed by atoms with E-state index in [9.17, 15) is 0 Å². The van der Waals surface area contributed by atoms with Crippen molar-refractivity contribution in [2.75, 3.05) is 25.6 Å². The van der Waals surface area contributed by atoms with Gasteiger partial charge in [-0.15, -0.1) is 0 Å². The zero-order valence-electron chi connectivity index (χ0n) is 9.74. The lowest BCUT2D eigenvalue weighted by Gasteiger charge is -2.09. The van der Waals surface area contributed by atoms with E-state index in [2.05, 4.69) is 21.7 Å². The highest BCUT2D eigenvalue weighted by Gasteiger charge is 2.15. The number of hydrogen-bond donors (Lipinski definition) is 2. The van der Waals surface area contributed by atoms with Gasteiger partial charge in [-0.25, -0.2) is 0 Å². The van der Waals surface area contributed by atoms with Crippen LogP contribution < -0.4 is 15.4 Å². The average Bonchev–Trinajstić information content (AvgIpc) is 2.98. The monoisotopic (exact) mass is 251 g/mol. The fraction of sp³-hybridized carbons (Fsp3) is 0.583. The Kier molecular flexibility index (Phi) is 3.49. The number of fused-ring (bicyclic) bond motifs is 1. The summed E-state index contributed by atoms with van der Waals surface area (Å²) in [5, 5.41) is 6.86. The van der Waals surface area contributed by atoms with Crippen molar-refractivity contribution in [1.29, 1.82) is 0 Å². The molecule has 4 nitrogen and oxygen atoms in total. The first kappa shape index (κ1) is 11.3. The van der Waals surface area contributed by atoms with Crippen LogP contribution >= 0.6 is 11.8 Å². The zero-order chi connectivity index (χ0) is 11.5. The lowest BCUT2D eigenvalue weighted by Crippen LogP contribution is -2.24. The molecule has 2 N–H and O–H groups in total. The van der Waals surface area contributed by atoms with Crippen LogP contribution in [0.2, 0.25) is 0 Å². The molecular formula is C12H17N3OS. The van der Waals surface area contributed by atoms with E-state index in [4.69, 9.17) is 4.74 Å². The molecular weight excluding hydrogens is 234 g/mol. The Bertz CT molecular complexity index is 393. The first-order valence-corrected chi connectivity index (χ1v) is 7.06. The van der Waals surface area contributed by atoms with Gasteiger partial charge in [-0.2, -0.15) is 0 Å². The minimum Gasteiger partial charge on any atom is -0.480 e. The fourth-order valence-electron chi connectivity index (χ4n) is 2.23. The largest absolute Gasteiger partial charge is 0.480 e. The molecule has 0 aromatic carbocycles. The van der Waals surface area contributed by atoms with Crippen LogP contribution in [0.3, 0.4) is 0 Å². The number of hydrogen-bond acceptors (Lipinski definition) is 5. The Morgan fingerprint density at radius 2 is 2.59 bits per heavy atom. The molecule has 3 heterocycles. The standard InChI is InChI=1S/C12H17N3OS/c1-2-13-4-9(1)5-14-6-10-3-12-11(7-15-10)16-8-17-12/h3,7,9,13-14H,1-2,4-6,8H2/t9-/m0/s1. The van der Waals surface area contributed by atoms with E-state index in [-0.39, 0.29) is 0 Å². The van der Waals surface area contributed by atoms with Crippen LogP contribution in [0.5, 0.6) is 5.75 Å². The average molecular weight is 251 g/mol. The molecule has 0 amide bonds. The van der Waals surface area contributed by atoms with Crippen molar-refractivity contribution in [1.82, 2.24) is 15.6 Å². The van der Waals surface area contributed by atoms with E-state index in [0.717, 1.165) is 49.5 Å². The summed E-state index contributed by atoms with van der Waals surface area (Å²) < 4.78 is 5.41. The molecule has 0 unspecified atom stereocenters. The second-order valence-corrected chi connectivity index (χ2v) is 5.48. The van der Waals surface area contributed by atoms with E-state index in [1.54, 1.807) is 11.8 Å². The molecule has 92 valence electrons. The maximum Gasteiger partial charge on any atom is 0.152 e. The Morgan fingerprint density at radius 3 is 3.47 bits per heavy atom. The molecule has 1 fully saturated rings. The van der Waals surface area contributed by atoms with Crippen LogP contribution in [0.25, 0.3) is 0 Å². The third kappa shape index (κ3) is 2.73. The summed E-state index contributed by atoms with van der Waals surface area (Å²) in [5.74, 6) is 2.43. The molecule has 0 radical (unpaired) electrons. The van der Waals surface area contributed by atoms with Crippen molar-refractivity contribution in [2.45, 2.75) is 17.9 Å². The number of pyridine rings is 1. The second kappa shape index (κ2) is 5.25. The maximum atomic E-state index is 5.41. The normalized spacial score (nSPS) is 22.5. The summed E-state index contributed by atoms with van der Waals surface area (Å²) >= 11 is 1.74. The van der Waals surface area contributed by atoms with Gasteiger partial charge in [-0.1, -0.05) is 11.8 Å². The van der Waals surface area contributed by atoms with Crippen LogP contribution in [0, 0.1) is 5.92 Å². The molecule has 1 aromatic rings. The Morgan fingerprint density at radius 1 is 1.59 bits per heavy atom. The van der Waals surface area contributed by atoms with Crippen LogP contribution in [0.15, 0.2) is 17.2 Å². The molecule has 1 aromatic heterocycles. The van der Waals surface area contributed by atoms with Crippen molar-refractivity contribution in [2.24, 2.45) is 5.92 Å². The lowest BCUT2D eigenvalue weighted by molar-refractivity contribution is 0.395. The third-order valence-electron chi connectivity index (χ3n) is 3.22. The number of ether oxygens (including phenoxy) is 1. The van der Waals surface area contributed by atoms with Crippen LogP contribution in [0.4, 0.5) is 0 Å². The minimum absolute atomic E-state index is 0.724.